The Balaban J connectivity index is 0.000000154. The molecule has 101 heavy (non-hydrogen) atoms. The maximum Gasteiger partial charge on any atom is 0.364 e. The van der Waals surface area contributed by atoms with Crippen molar-refractivity contribution in [2.75, 3.05) is 19.0 Å². The van der Waals surface area contributed by atoms with Gasteiger partial charge in [0.15, 0.2) is 45.7 Å². The monoisotopic (exact) mass is 1470 g/mol. The first kappa shape index (κ1) is 77.9. The molecule has 8 fully saturated rings. The molecule has 0 spiro atoms. The highest BCUT2D eigenvalue weighted by atomic mass is 32.2. The number of carbonyl (C=O) groups is 2. The molecule has 0 aromatic heterocycles. The molecule has 14 rings (SSSR count). The van der Waals surface area contributed by atoms with Crippen molar-refractivity contribution in [2.24, 2.45) is 63.6 Å². The van der Waals surface area contributed by atoms with Crippen LogP contribution in [0.15, 0.2) is 211 Å². The van der Waals surface area contributed by atoms with Crippen LogP contribution in [-0.2, 0) is 61.1 Å². The van der Waals surface area contributed by atoms with Crippen LogP contribution in [0.4, 0.5) is 17.6 Å². The lowest BCUT2D eigenvalue weighted by atomic mass is 9.43. The second-order valence-electron chi connectivity index (χ2n) is 29.7. The Morgan fingerprint density at radius 3 is 1.47 bits per heavy atom. The van der Waals surface area contributed by atoms with Crippen molar-refractivity contribution in [3.63, 3.8) is 0 Å². The average molecular weight is 1470 g/mol. The van der Waals surface area contributed by atoms with Crippen molar-refractivity contribution in [1.82, 2.24) is 0 Å². The number of carbonyl (C=O) groups excluding carboxylic acids is 2. The largest absolute Gasteiger partial charge is 0.748 e. The summed E-state index contributed by atoms with van der Waals surface area (Å²) in [6, 6.07) is 64.3. The Bertz CT molecular complexity index is 3560. The lowest BCUT2D eigenvalue weighted by Crippen LogP contribution is -2.62. The summed E-state index contributed by atoms with van der Waals surface area (Å²) in [5, 5.41) is 38.7. The second kappa shape index (κ2) is 33.2. The van der Waals surface area contributed by atoms with Crippen LogP contribution in [0.2, 0.25) is 0 Å². The highest BCUT2D eigenvalue weighted by Gasteiger charge is 2.66. The molecule has 0 radical (unpaired) electrons. The lowest BCUT2D eigenvalue weighted by Gasteiger charge is -2.63. The third-order valence-electron chi connectivity index (χ3n) is 23.0. The summed E-state index contributed by atoms with van der Waals surface area (Å²) in [5.41, 5.74) is -1.92. The van der Waals surface area contributed by atoms with Crippen LogP contribution in [0.25, 0.3) is 0 Å². The Hall–Kier alpha value is -5.66. The summed E-state index contributed by atoms with van der Waals surface area (Å²) in [7, 11) is -10.8. The lowest BCUT2D eigenvalue weighted by molar-refractivity contribution is -0.207. The zero-order valence-corrected chi connectivity index (χ0v) is 60.8. The molecule has 6 aromatic rings. The van der Waals surface area contributed by atoms with Crippen LogP contribution in [0.5, 0.6) is 0 Å². The number of hydrogen-bond acceptors (Lipinski definition) is 14. The van der Waals surface area contributed by atoms with E-state index in [-0.39, 0.29) is 88.3 Å². The molecule has 15 atom stereocenters. The van der Waals surface area contributed by atoms with Gasteiger partial charge in [-0.3, -0.25) is 9.59 Å². The van der Waals surface area contributed by atoms with Crippen LogP contribution >= 0.6 is 0 Å². The van der Waals surface area contributed by atoms with E-state index < -0.39 is 97.2 Å². The zero-order valence-electron chi connectivity index (χ0n) is 57.5. The highest BCUT2D eigenvalue weighted by molar-refractivity contribution is 7.97. The Morgan fingerprint density at radius 2 is 1.04 bits per heavy atom. The van der Waals surface area contributed by atoms with Gasteiger partial charge in [0.25, 0.3) is 0 Å². The summed E-state index contributed by atoms with van der Waals surface area (Å²) in [6.07, 6.45) is 2.05. The van der Waals surface area contributed by atoms with Crippen LogP contribution < -0.4 is 0 Å². The van der Waals surface area contributed by atoms with Gasteiger partial charge in [0, 0.05) is 19.3 Å². The Kier molecular flexibility index (Phi) is 25.6. The van der Waals surface area contributed by atoms with Gasteiger partial charge in [0.2, 0.25) is 0 Å². The number of benzene rings is 6. The summed E-state index contributed by atoms with van der Waals surface area (Å²) in [5.74, 6) is -0.878. The predicted octanol–water partition coefficient (Wildman–Crippen LogP) is 14.5. The molecule has 8 saturated carbocycles. The van der Waals surface area contributed by atoms with E-state index >= 15 is 0 Å². The van der Waals surface area contributed by atoms with Gasteiger partial charge in [0.05, 0.1) is 80.2 Å². The molecule has 4 unspecified atom stereocenters. The molecule has 8 aliphatic rings. The van der Waals surface area contributed by atoms with Crippen molar-refractivity contribution >= 4 is 54.0 Å². The highest BCUT2D eigenvalue weighted by Crippen LogP contribution is 2.69. The molecular formula is C79H96F4O14S4. The molecule has 548 valence electrons. The minimum absolute atomic E-state index is 0.00603. The minimum Gasteiger partial charge on any atom is -0.748 e. The van der Waals surface area contributed by atoms with Crippen molar-refractivity contribution < 1.29 is 83.0 Å². The SMILES string of the molecule is C[C@H](CCC(=O)OCCC(F)C(F)(F)S(=O)(=O)[O-])[C@H]1CC[C@H]2[C@@H]3[C@H](O)C[C@@H]4C[C@H](O)CC[C@]4(C)[C@H]3C[C@H](O)[C@]12C.O=C(OCCC(F)CS(=O)(=O)[O-])C12CC3CC(CC(O)(C3)C1)C2.c1ccc([S+](c2ccccc2)c2ccccc2)cc1.c1ccc([S+](c2ccccc2)c2ccccc2)cc1. The topological polar surface area (TPSA) is 248 Å². The number of halogens is 4. The van der Waals surface area contributed by atoms with Gasteiger partial charge in [-0.25, -0.2) is 25.6 Å². The average Bonchev–Trinajstić information content (AvgIpc) is 1.66. The molecule has 0 saturated heterocycles. The van der Waals surface area contributed by atoms with E-state index in [9.17, 15) is 73.5 Å². The number of aliphatic hydroxyl groups is 4. The molecule has 8 aliphatic carbocycles. The van der Waals surface area contributed by atoms with Gasteiger partial charge in [0.1, 0.15) is 6.17 Å². The molecular weight excluding hydrogens is 1380 g/mol. The summed E-state index contributed by atoms with van der Waals surface area (Å²) < 4.78 is 127. The Labute approximate surface area is 598 Å². The molecule has 0 aliphatic heterocycles. The summed E-state index contributed by atoms with van der Waals surface area (Å²) in [4.78, 5) is 32.9. The number of aliphatic hydroxyl groups excluding tert-OH is 3. The van der Waals surface area contributed by atoms with Crippen LogP contribution in [0.1, 0.15) is 130 Å². The van der Waals surface area contributed by atoms with E-state index in [1.807, 2.05) is 6.92 Å². The van der Waals surface area contributed by atoms with Crippen LogP contribution in [-0.4, -0.2) is 119 Å². The standard InChI is InChI=1S/C28H45F3O8S.2C18H15S.C15H23FO6S/c1-15(4-7-24(35)39-11-9-22(29)28(30,31)40(36,37)38)18-5-6-19-25-20(14-23(34)27(18,19)3)26(2)10-8-17(32)12-16(26)13-21(25)33;2*1-4-10-16(11-5-1)19(17-12-6-2-7-13-17)18-14-8-3-9-15-18;16-12(8-23(19,20)21)1-2-22-13(17)14-4-10-3-11(5-14)7-15(18,6-10)9-14/h15-23,25,32-34H,4-14H2,1-3H3,(H,36,37,38);2*1-15H;10-12,18H,1-9H2,(H,19,20,21)/q;2*+1;/p-2/t15-,16+,17-,18-,19+,20+,21-,22?,23+,25+,26+,27-;;;/m1.../s1. The predicted molar refractivity (Wildman–Crippen MR) is 378 cm³/mol. The number of fused-ring (bicyclic) bond motifs is 5. The second-order valence-corrected chi connectivity index (χ2v) is 36.7. The van der Waals surface area contributed by atoms with E-state index in [1.54, 1.807) is 0 Å². The smallest absolute Gasteiger partial charge is 0.364 e. The molecule has 4 N–H and O–H groups in total. The molecule has 14 nitrogen and oxygen atoms in total. The van der Waals surface area contributed by atoms with E-state index in [1.165, 1.54) is 29.4 Å². The fourth-order valence-corrected chi connectivity index (χ4v) is 23.9. The fourth-order valence-electron chi connectivity index (χ4n) is 18.7. The van der Waals surface area contributed by atoms with Crippen molar-refractivity contribution in [2.45, 2.75) is 201 Å². The van der Waals surface area contributed by atoms with Crippen LogP contribution in [0.3, 0.4) is 0 Å². The number of hydrogen-bond donors (Lipinski definition) is 4. The zero-order chi connectivity index (χ0) is 72.5. The third kappa shape index (κ3) is 18.5. The third-order valence-corrected chi connectivity index (χ3v) is 29.2. The first-order valence-corrected chi connectivity index (χ1v) is 40.8. The van der Waals surface area contributed by atoms with Gasteiger partial charge < -0.3 is 39.0 Å². The van der Waals surface area contributed by atoms with Gasteiger partial charge in [-0.05, 0) is 221 Å². The first-order chi connectivity index (χ1) is 47.9. The van der Waals surface area contributed by atoms with Crippen LogP contribution in [0, 0.1) is 63.6 Å². The summed E-state index contributed by atoms with van der Waals surface area (Å²) >= 11 is 0. The molecule has 22 heteroatoms. The molecule has 0 amide bonds. The first-order valence-electron chi connectivity index (χ1n) is 35.4. The number of ether oxygens (including phenoxy) is 2. The van der Waals surface area contributed by atoms with E-state index in [2.05, 4.69) is 196 Å². The number of alkyl halides is 4. The van der Waals surface area contributed by atoms with Crippen molar-refractivity contribution in [1.29, 1.82) is 0 Å². The van der Waals surface area contributed by atoms with Crippen molar-refractivity contribution in [3.05, 3.63) is 182 Å². The van der Waals surface area contributed by atoms with Crippen molar-refractivity contribution in [3.8, 4) is 0 Å². The number of esters is 2. The quantitative estimate of drug-likeness (QED) is 0.0227. The van der Waals surface area contributed by atoms with E-state index in [0.717, 1.165) is 44.9 Å². The normalized spacial score (nSPS) is 30.2. The Morgan fingerprint density at radius 1 is 0.594 bits per heavy atom. The number of rotatable bonds is 21. The minimum atomic E-state index is -6.17. The molecule has 4 bridgehead atoms. The van der Waals surface area contributed by atoms with E-state index in [0.29, 0.717) is 56.8 Å². The molecule has 0 heterocycles. The van der Waals surface area contributed by atoms with Gasteiger partial charge in [-0.2, -0.15) is 8.78 Å². The van der Waals surface area contributed by atoms with Gasteiger partial charge in [-0.1, -0.05) is 130 Å². The van der Waals surface area contributed by atoms with Gasteiger partial charge in [-0.15, -0.1) is 0 Å². The fraction of sp³-hybridized carbons (Fsp3) is 0.519. The molecule has 6 aromatic carbocycles. The van der Waals surface area contributed by atoms with E-state index in [4.69, 9.17) is 9.47 Å². The maximum absolute atomic E-state index is 13.6. The summed E-state index contributed by atoms with van der Waals surface area (Å²) in [6.45, 7) is 5.35. The van der Waals surface area contributed by atoms with Gasteiger partial charge >= 0.3 is 17.2 Å². The maximum atomic E-state index is 13.6.